The van der Waals surface area contributed by atoms with Crippen molar-refractivity contribution in [3.8, 4) is 5.75 Å². The van der Waals surface area contributed by atoms with Crippen molar-refractivity contribution in [1.82, 2.24) is 20.5 Å². The van der Waals surface area contributed by atoms with E-state index in [1.807, 2.05) is 0 Å². The fourth-order valence-corrected chi connectivity index (χ4v) is 3.59. The number of piperazine rings is 1. The van der Waals surface area contributed by atoms with Gasteiger partial charge in [-0.3, -0.25) is 4.79 Å². The summed E-state index contributed by atoms with van der Waals surface area (Å²) in [5.74, 6) is -0.933. The van der Waals surface area contributed by atoms with E-state index in [4.69, 9.17) is 11.6 Å². The Kier molecular flexibility index (Phi) is 7.15. The minimum absolute atomic E-state index is 0.0324. The SMILES string of the molecule is C[C@@H]1C(=O)NCCN1C(=O)NC(c1ccc(OC(F)(F)F)cc1)c1cnc(C(F)(F)F)c(Cl)c1. The number of hydrogen-bond acceptors (Lipinski definition) is 4. The number of carbonyl (C=O) groups excluding carboxylic acids is 2. The monoisotopic (exact) mass is 510 g/mol. The van der Waals surface area contributed by atoms with E-state index >= 15 is 0 Å². The highest BCUT2D eigenvalue weighted by molar-refractivity contribution is 6.31. The van der Waals surface area contributed by atoms with Gasteiger partial charge in [0.15, 0.2) is 5.69 Å². The summed E-state index contributed by atoms with van der Waals surface area (Å²) in [4.78, 5) is 29.4. The van der Waals surface area contributed by atoms with Crippen LogP contribution < -0.4 is 15.4 Å². The molecule has 2 atom stereocenters. The smallest absolute Gasteiger partial charge is 0.406 e. The highest BCUT2D eigenvalue weighted by Gasteiger charge is 2.36. The molecule has 1 aromatic carbocycles. The van der Waals surface area contributed by atoms with E-state index in [9.17, 15) is 35.9 Å². The summed E-state index contributed by atoms with van der Waals surface area (Å²) in [5.41, 5.74) is -1.10. The lowest BCUT2D eigenvalue weighted by Gasteiger charge is -2.34. The van der Waals surface area contributed by atoms with Crippen molar-refractivity contribution < 1.29 is 40.7 Å². The third-order valence-electron chi connectivity index (χ3n) is 4.94. The van der Waals surface area contributed by atoms with E-state index in [1.54, 1.807) is 0 Å². The van der Waals surface area contributed by atoms with Gasteiger partial charge < -0.3 is 20.3 Å². The quantitative estimate of drug-likeness (QED) is 0.602. The number of carbonyl (C=O) groups is 2. The van der Waals surface area contributed by atoms with E-state index in [1.165, 1.54) is 24.0 Å². The molecule has 2 N–H and O–H groups in total. The number of rotatable bonds is 4. The second kappa shape index (κ2) is 9.57. The number of urea groups is 1. The van der Waals surface area contributed by atoms with Crippen LogP contribution in [0.25, 0.3) is 0 Å². The van der Waals surface area contributed by atoms with Crippen molar-refractivity contribution in [2.75, 3.05) is 13.1 Å². The Morgan fingerprint density at radius 1 is 1.21 bits per heavy atom. The number of halogens is 7. The van der Waals surface area contributed by atoms with Gasteiger partial charge in [0, 0.05) is 19.3 Å². The molecule has 14 heteroatoms. The molecule has 7 nitrogen and oxygen atoms in total. The van der Waals surface area contributed by atoms with Crippen LogP contribution in [-0.4, -0.2) is 47.3 Å². The lowest BCUT2D eigenvalue weighted by Crippen LogP contribution is -2.58. The summed E-state index contributed by atoms with van der Waals surface area (Å²) < 4.78 is 80.3. The molecule has 1 fully saturated rings. The topological polar surface area (TPSA) is 83.6 Å². The average molecular weight is 511 g/mol. The number of ether oxygens (including phenoxy) is 1. The number of benzene rings is 1. The first-order valence-corrected chi connectivity index (χ1v) is 10.1. The van der Waals surface area contributed by atoms with Gasteiger partial charge in [-0.05, 0) is 36.2 Å². The first-order valence-electron chi connectivity index (χ1n) is 9.69. The van der Waals surface area contributed by atoms with Gasteiger partial charge in [0.2, 0.25) is 5.91 Å². The highest BCUT2D eigenvalue weighted by atomic mass is 35.5. The standard InChI is InChI=1S/C20H17ClF6N4O3/c1-10-17(32)28-6-7-31(10)18(33)30-15(11-2-4-13(5-3-11)34-20(25,26)27)12-8-14(21)16(29-9-12)19(22,23)24/h2-5,8-10,15H,6-7H2,1H3,(H,28,32)(H,30,33)/t10-,15?/m1/s1. The van der Waals surface area contributed by atoms with Crippen LogP contribution in [0.5, 0.6) is 5.75 Å². The van der Waals surface area contributed by atoms with Crippen LogP contribution in [0.4, 0.5) is 31.1 Å². The molecule has 184 valence electrons. The number of aromatic nitrogens is 1. The van der Waals surface area contributed by atoms with Gasteiger partial charge in [0.25, 0.3) is 0 Å². The molecule has 0 saturated carbocycles. The second-order valence-electron chi connectivity index (χ2n) is 7.26. The van der Waals surface area contributed by atoms with Gasteiger partial charge in [-0.1, -0.05) is 23.7 Å². The van der Waals surface area contributed by atoms with Crippen LogP contribution in [0.15, 0.2) is 36.5 Å². The molecule has 0 bridgehead atoms. The predicted octanol–water partition coefficient (Wildman–Crippen LogP) is 4.27. The molecular weight excluding hydrogens is 494 g/mol. The Morgan fingerprint density at radius 3 is 2.41 bits per heavy atom. The van der Waals surface area contributed by atoms with Gasteiger partial charge in [-0.25, -0.2) is 9.78 Å². The minimum atomic E-state index is -4.93. The zero-order chi connectivity index (χ0) is 25.3. The highest BCUT2D eigenvalue weighted by Crippen LogP contribution is 2.35. The van der Waals surface area contributed by atoms with Crippen LogP contribution >= 0.6 is 11.6 Å². The van der Waals surface area contributed by atoms with Crippen molar-refractivity contribution in [2.24, 2.45) is 0 Å². The largest absolute Gasteiger partial charge is 0.573 e. The maximum Gasteiger partial charge on any atom is 0.573 e. The number of nitrogens with one attached hydrogen (secondary N) is 2. The first kappa shape index (κ1) is 25.4. The van der Waals surface area contributed by atoms with Crippen molar-refractivity contribution >= 4 is 23.5 Å². The van der Waals surface area contributed by atoms with E-state index in [0.29, 0.717) is 0 Å². The first-order chi connectivity index (χ1) is 15.8. The molecule has 34 heavy (non-hydrogen) atoms. The predicted molar refractivity (Wildman–Crippen MR) is 107 cm³/mol. The summed E-state index contributed by atoms with van der Waals surface area (Å²) in [5, 5.41) is 4.44. The molecule has 0 aliphatic carbocycles. The summed E-state index contributed by atoms with van der Waals surface area (Å²) in [6.45, 7) is 1.84. The molecule has 2 heterocycles. The summed E-state index contributed by atoms with van der Waals surface area (Å²) >= 11 is 5.77. The molecule has 3 amide bonds. The van der Waals surface area contributed by atoms with E-state index < -0.39 is 53.0 Å². The molecule has 3 rings (SSSR count). The third kappa shape index (κ3) is 6.01. The van der Waals surface area contributed by atoms with E-state index in [0.717, 1.165) is 24.4 Å². The molecule has 2 aromatic rings. The van der Waals surface area contributed by atoms with E-state index in [2.05, 4.69) is 20.4 Å². The number of alkyl halides is 6. The normalized spacial score (nSPS) is 17.7. The summed E-state index contributed by atoms with van der Waals surface area (Å²) in [7, 11) is 0. The van der Waals surface area contributed by atoms with Crippen LogP contribution in [0.1, 0.15) is 29.8 Å². The second-order valence-corrected chi connectivity index (χ2v) is 7.66. The van der Waals surface area contributed by atoms with Crippen LogP contribution in [0.2, 0.25) is 5.02 Å². The Morgan fingerprint density at radius 2 is 1.85 bits per heavy atom. The Labute approximate surface area is 194 Å². The van der Waals surface area contributed by atoms with E-state index in [-0.39, 0.29) is 24.2 Å². The van der Waals surface area contributed by atoms with Gasteiger partial charge in [0.05, 0.1) is 11.1 Å². The van der Waals surface area contributed by atoms with Crippen molar-refractivity contribution in [3.05, 3.63) is 58.4 Å². The lowest BCUT2D eigenvalue weighted by atomic mass is 9.99. The Balaban J connectivity index is 1.96. The van der Waals surface area contributed by atoms with Gasteiger partial charge in [-0.15, -0.1) is 13.2 Å². The third-order valence-corrected chi connectivity index (χ3v) is 5.23. The zero-order valence-corrected chi connectivity index (χ0v) is 18.1. The maximum atomic E-state index is 13.0. The number of amides is 3. The number of hydrogen-bond donors (Lipinski definition) is 2. The molecule has 0 spiro atoms. The minimum Gasteiger partial charge on any atom is -0.406 e. The Hall–Kier alpha value is -3.22. The summed E-state index contributed by atoms with van der Waals surface area (Å²) in [6, 6.07) is 2.61. The average Bonchev–Trinajstić information content (AvgIpc) is 2.72. The van der Waals surface area contributed by atoms with Crippen molar-refractivity contribution in [3.63, 3.8) is 0 Å². The summed E-state index contributed by atoms with van der Waals surface area (Å²) in [6.07, 6.45) is -8.89. The molecule has 1 saturated heterocycles. The fourth-order valence-electron chi connectivity index (χ4n) is 3.31. The van der Waals surface area contributed by atoms with Crippen LogP contribution in [0.3, 0.4) is 0 Å². The Bertz CT molecular complexity index is 1060. The van der Waals surface area contributed by atoms with Crippen molar-refractivity contribution in [2.45, 2.75) is 31.5 Å². The van der Waals surface area contributed by atoms with Gasteiger partial charge >= 0.3 is 18.6 Å². The number of nitrogens with zero attached hydrogens (tertiary/aromatic N) is 2. The molecular formula is C20H17ClF6N4O3. The molecule has 1 aromatic heterocycles. The van der Waals surface area contributed by atoms with Crippen molar-refractivity contribution in [1.29, 1.82) is 0 Å². The maximum absolute atomic E-state index is 13.0. The lowest BCUT2D eigenvalue weighted by molar-refractivity contribution is -0.274. The van der Waals surface area contributed by atoms with Crippen LogP contribution in [0, 0.1) is 0 Å². The molecule has 1 aliphatic heterocycles. The molecule has 1 aliphatic rings. The van der Waals surface area contributed by atoms with Gasteiger partial charge in [0.1, 0.15) is 11.8 Å². The number of pyridine rings is 1. The molecule has 1 unspecified atom stereocenters. The fraction of sp³-hybridized carbons (Fsp3) is 0.350. The van der Waals surface area contributed by atoms with Gasteiger partial charge in [-0.2, -0.15) is 13.2 Å². The molecule has 0 radical (unpaired) electrons. The zero-order valence-electron chi connectivity index (χ0n) is 17.3. The van der Waals surface area contributed by atoms with Crippen LogP contribution in [-0.2, 0) is 11.0 Å².